The molecule has 3 nitrogen and oxygen atoms in total. The third kappa shape index (κ3) is 5.60. The van der Waals surface area contributed by atoms with Crippen LogP contribution in [0.25, 0.3) is 0 Å². The topological polar surface area (TPSA) is 35.0 Å². The third-order valence-electron chi connectivity index (χ3n) is 2.12. The predicted octanol–water partition coefficient (Wildman–Crippen LogP) is 2.94. The highest BCUT2D eigenvalue weighted by Gasteiger charge is 2.13. The summed E-state index contributed by atoms with van der Waals surface area (Å²) in [6, 6.07) is 0. The van der Waals surface area contributed by atoms with Gasteiger partial charge in [-0.3, -0.25) is 0 Å². The maximum atomic E-state index is 5.29. The first-order chi connectivity index (χ1) is 9.12. The van der Waals surface area contributed by atoms with Crippen LogP contribution in [0.15, 0.2) is 6.33 Å². The van der Waals surface area contributed by atoms with Crippen molar-refractivity contribution >= 4 is 16.1 Å². The minimum absolute atomic E-state index is 0.505. The highest BCUT2D eigenvalue weighted by Crippen LogP contribution is 2.16. The molecule has 0 radical (unpaired) electrons. The van der Waals surface area contributed by atoms with E-state index in [1.807, 2.05) is 0 Å². The van der Waals surface area contributed by atoms with Gasteiger partial charge < -0.3 is 4.74 Å². The van der Waals surface area contributed by atoms with Gasteiger partial charge in [-0.2, -0.15) is 0 Å². The predicted molar refractivity (Wildman–Crippen MR) is 89.0 cm³/mol. The Labute approximate surface area is 124 Å². The molecule has 0 spiro atoms. The van der Waals surface area contributed by atoms with Crippen LogP contribution in [0.2, 0.25) is 39.3 Å². The first kappa shape index (κ1) is 16.5. The second-order valence-corrected chi connectivity index (χ2v) is 16.1. The highest BCUT2D eigenvalue weighted by atomic mass is 28.3. The van der Waals surface area contributed by atoms with Crippen LogP contribution >= 0.6 is 0 Å². The molecule has 0 aliphatic carbocycles. The number of methoxy groups -OCH3 is 1. The van der Waals surface area contributed by atoms with Crippen molar-refractivity contribution < 1.29 is 4.74 Å². The second-order valence-electron chi connectivity index (χ2n) is 6.61. The van der Waals surface area contributed by atoms with E-state index in [-0.39, 0.29) is 0 Å². The van der Waals surface area contributed by atoms with E-state index >= 15 is 0 Å². The molecule has 0 fully saturated rings. The smallest absolute Gasteiger partial charge is 0.233 e. The summed E-state index contributed by atoms with van der Waals surface area (Å²) in [4.78, 5) is 8.39. The summed E-state index contributed by atoms with van der Waals surface area (Å²) in [7, 11) is -1.33. The molecule has 0 bridgehead atoms. The number of hydrogen-bond acceptors (Lipinski definition) is 3. The summed E-state index contributed by atoms with van der Waals surface area (Å²) in [6.45, 7) is 13.2. The number of nitrogens with zero attached hydrogens (tertiary/aromatic N) is 2. The minimum atomic E-state index is -1.47. The number of aromatic nitrogens is 2. The minimum Gasteiger partial charge on any atom is -0.480 e. The van der Waals surface area contributed by atoms with Gasteiger partial charge in [0.2, 0.25) is 5.88 Å². The third-order valence-corrected chi connectivity index (χ3v) is 3.87. The Balaban J connectivity index is 3.37. The van der Waals surface area contributed by atoms with Crippen molar-refractivity contribution in [1.29, 1.82) is 0 Å². The van der Waals surface area contributed by atoms with Crippen molar-refractivity contribution in [3.8, 4) is 28.8 Å². The molecule has 0 N–H and O–H groups in total. The van der Waals surface area contributed by atoms with Gasteiger partial charge in [-0.05, 0) is 0 Å². The van der Waals surface area contributed by atoms with Crippen molar-refractivity contribution in [3.05, 3.63) is 17.6 Å². The Morgan fingerprint density at radius 2 is 1.45 bits per heavy atom. The second kappa shape index (κ2) is 6.26. The Bertz CT molecular complexity index is 605. The number of rotatable bonds is 1. The Kier molecular flexibility index (Phi) is 5.16. The van der Waals surface area contributed by atoms with Gasteiger partial charge in [-0.1, -0.05) is 51.1 Å². The molecule has 20 heavy (non-hydrogen) atoms. The lowest BCUT2D eigenvalue weighted by molar-refractivity contribution is 0.395. The van der Waals surface area contributed by atoms with Gasteiger partial charge in [0.25, 0.3) is 0 Å². The molecule has 0 atom stereocenters. The van der Waals surface area contributed by atoms with Crippen LogP contribution in [-0.4, -0.2) is 33.2 Å². The van der Waals surface area contributed by atoms with Gasteiger partial charge in [0.1, 0.15) is 33.7 Å². The zero-order valence-electron chi connectivity index (χ0n) is 13.4. The lowest BCUT2D eigenvalue weighted by Gasteiger charge is -2.07. The standard InChI is InChI=1S/C15H22N2OSi2/c1-18-15-13(8-10-19(2,3)4)14(16-12-17-15)9-11-20(5,6)7/h12H,1-7H3. The van der Waals surface area contributed by atoms with Gasteiger partial charge in [0.15, 0.2) is 0 Å². The fraction of sp³-hybridized carbons (Fsp3) is 0.467. The van der Waals surface area contributed by atoms with E-state index in [1.54, 1.807) is 7.11 Å². The fourth-order valence-electron chi connectivity index (χ4n) is 1.23. The van der Waals surface area contributed by atoms with E-state index in [1.165, 1.54) is 6.33 Å². The van der Waals surface area contributed by atoms with Crippen LogP contribution in [0.3, 0.4) is 0 Å². The van der Waals surface area contributed by atoms with Crippen LogP contribution in [0.1, 0.15) is 11.3 Å². The zero-order valence-corrected chi connectivity index (χ0v) is 15.4. The van der Waals surface area contributed by atoms with Crippen molar-refractivity contribution in [2.24, 2.45) is 0 Å². The van der Waals surface area contributed by atoms with Crippen molar-refractivity contribution in [1.82, 2.24) is 9.97 Å². The van der Waals surface area contributed by atoms with E-state index in [0.717, 1.165) is 0 Å². The van der Waals surface area contributed by atoms with Crippen molar-refractivity contribution in [3.63, 3.8) is 0 Å². The van der Waals surface area contributed by atoms with E-state index in [2.05, 4.69) is 72.2 Å². The summed E-state index contributed by atoms with van der Waals surface area (Å²) in [6.07, 6.45) is 1.48. The molecule has 0 saturated heterocycles. The Morgan fingerprint density at radius 1 is 0.900 bits per heavy atom. The molecule has 0 aliphatic heterocycles. The van der Waals surface area contributed by atoms with Crippen molar-refractivity contribution in [2.75, 3.05) is 7.11 Å². The summed E-state index contributed by atoms with van der Waals surface area (Å²) in [5.74, 6) is 6.85. The maximum absolute atomic E-state index is 5.29. The van der Waals surface area contributed by atoms with Gasteiger partial charge in [-0.25, -0.2) is 9.97 Å². The van der Waals surface area contributed by atoms with Crippen LogP contribution in [0, 0.1) is 22.9 Å². The largest absolute Gasteiger partial charge is 0.480 e. The molecule has 106 valence electrons. The highest BCUT2D eigenvalue weighted by molar-refractivity contribution is 6.84. The zero-order chi connectivity index (χ0) is 15.4. The molecule has 0 unspecified atom stereocenters. The van der Waals surface area contributed by atoms with E-state index in [4.69, 9.17) is 4.74 Å². The molecular formula is C15H22N2OSi2. The molecular weight excluding hydrogens is 280 g/mol. The molecule has 1 aromatic rings. The monoisotopic (exact) mass is 302 g/mol. The molecule has 5 heteroatoms. The van der Waals surface area contributed by atoms with Crippen molar-refractivity contribution in [2.45, 2.75) is 39.3 Å². The molecule has 0 aromatic carbocycles. The fourth-order valence-corrected chi connectivity index (χ4v) is 2.22. The van der Waals surface area contributed by atoms with Gasteiger partial charge in [0, 0.05) is 0 Å². The maximum Gasteiger partial charge on any atom is 0.233 e. The average Bonchev–Trinajstić information content (AvgIpc) is 2.32. The molecule has 1 rings (SSSR count). The van der Waals surface area contributed by atoms with Gasteiger partial charge in [-0.15, -0.1) is 11.1 Å². The normalized spacial score (nSPS) is 10.9. The lowest BCUT2D eigenvalue weighted by Crippen LogP contribution is -2.17. The molecule has 1 aromatic heterocycles. The van der Waals surface area contributed by atoms with Crippen LogP contribution in [-0.2, 0) is 0 Å². The number of ether oxygens (including phenoxy) is 1. The Hall–Kier alpha value is -1.57. The van der Waals surface area contributed by atoms with Crippen LogP contribution in [0.5, 0.6) is 5.88 Å². The summed E-state index contributed by atoms with van der Waals surface area (Å²) < 4.78 is 5.29. The number of hydrogen-bond donors (Lipinski definition) is 0. The van der Waals surface area contributed by atoms with Crippen LogP contribution < -0.4 is 4.74 Å². The van der Waals surface area contributed by atoms with E-state index < -0.39 is 16.1 Å². The quantitative estimate of drug-likeness (QED) is 0.591. The summed E-state index contributed by atoms with van der Waals surface area (Å²) >= 11 is 0. The Morgan fingerprint density at radius 3 is 1.95 bits per heavy atom. The first-order valence-corrected chi connectivity index (χ1v) is 13.6. The average molecular weight is 303 g/mol. The van der Waals surface area contributed by atoms with Crippen LogP contribution in [0.4, 0.5) is 0 Å². The molecule has 0 amide bonds. The van der Waals surface area contributed by atoms with Gasteiger partial charge >= 0.3 is 0 Å². The first-order valence-electron chi connectivity index (χ1n) is 6.58. The summed E-state index contributed by atoms with van der Waals surface area (Å²) in [5, 5.41) is 0. The van der Waals surface area contributed by atoms with E-state index in [9.17, 15) is 0 Å². The lowest BCUT2D eigenvalue weighted by atomic mass is 10.2. The van der Waals surface area contributed by atoms with E-state index in [0.29, 0.717) is 17.1 Å². The molecule has 0 saturated carbocycles. The SMILES string of the molecule is COc1ncnc(C#C[Si](C)(C)C)c1C#C[Si](C)(C)C. The molecule has 0 aliphatic rings. The van der Waals surface area contributed by atoms with Gasteiger partial charge in [0.05, 0.1) is 7.11 Å². The molecule has 1 heterocycles. The summed E-state index contributed by atoms with van der Waals surface area (Å²) in [5.41, 5.74) is 8.02.